The summed E-state index contributed by atoms with van der Waals surface area (Å²) in [5, 5.41) is 6.24. The second-order valence-corrected chi connectivity index (χ2v) is 6.36. The SMILES string of the molecule is CSC1(CNC(=O)C2CNc3ccccc3O2)CC1. The van der Waals surface area contributed by atoms with Crippen LogP contribution in [-0.4, -0.2) is 36.1 Å². The molecule has 1 amide bonds. The van der Waals surface area contributed by atoms with Crippen LogP contribution in [-0.2, 0) is 4.79 Å². The fourth-order valence-corrected chi connectivity index (χ4v) is 2.94. The second kappa shape index (κ2) is 4.96. The molecule has 4 nitrogen and oxygen atoms in total. The largest absolute Gasteiger partial charge is 0.477 e. The fraction of sp³-hybridized carbons (Fsp3) is 0.500. The van der Waals surface area contributed by atoms with Crippen molar-refractivity contribution in [1.29, 1.82) is 0 Å². The molecule has 0 bridgehead atoms. The number of carbonyl (C=O) groups is 1. The molecule has 1 fully saturated rings. The third-order valence-electron chi connectivity index (χ3n) is 3.75. The van der Waals surface area contributed by atoms with Crippen molar-refractivity contribution in [2.24, 2.45) is 0 Å². The Bertz CT molecular complexity index is 488. The van der Waals surface area contributed by atoms with Crippen molar-refractivity contribution < 1.29 is 9.53 Å². The Morgan fingerprint density at radius 2 is 2.32 bits per heavy atom. The molecule has 102 valence electrons. The number of hydrogen-bond donors (Lipinski definition) is 2. The molecule has 1 saturated carbocycles. The van der Waals surface area contributed by atoms with E-state index in [0.717, 1.165) is 18.0 Å². The van der Waals surface area contributed by atoms with E-state index in [1.54, 1.807) is 0 Å². The highest BCUT2D eigenvalue weighted by molar-refractivity contribution is 8.00. The zero-order valence-electron chi connectivity index (χ0n) is 10.9. The first-order valence-corrected chi connectivity index (χ1v) is 7.77. The smallest absolute Gasteiger partial charge is 0.262 e. The van der Waals surface area contributed by atoms with Crippen LogP contribution in [0.5, 0.6) is 5.75 Å². The molecule has 2 N–H and O–H groups in total. The molecule has 1 atom stereocenters. The van der Waals surface area contributed by atoms with Crippen molar-refractivity contribution in [3.63, 3.8) is 0 Å². The van der Waals surface area contributed by atoms with Gasteiger partial charge in [-0.25, -0.2) is 0 Å². The highest BCUT2D eigenvalue weighted by Gasteiger charge is 2.42. The van der Waals surface area contributed by atoms with Crippen LogP contribution < -0.4 is 15.4 Å². The van der Waals surface area contributed by atoms with Crippen LogP contribution in [0, 0.1) is 0 Å². The molecule has 0 aromatic heterocycles. The summed E-state index contributed by atoms with van der Waals surface area (Å²) in [6.45, 7) is 1.27. The van der Waals surface area contributed by atoms with Crippen LogP contribution >= 0.6 is 11.8 Å². The monoisotopic (exact) mass is 278 g/mol. The molecule has 1 heterocycles. The van der Waals surface area contributed by atoms with Crippen LogP contribution in [0.2, 0.25) is 0 Å². The van der Waals surface area contributed by atoms with Crippen LogP contribution in [0.25, 0.3) is 0 Å². The molecule has 1 aromatic carbocycles. The van der Waals surface area contributed by atoms with Gasteiger partial charge < -0.3 is 15.4 Å². The number of anilines is 1. The zero-order valence-corrected chi connectivity index (χ0v) is 11.8. The van der Waals surface area contributed by atoms with E-state index < -0.39 is 6.10 Å². The summed E-state index contributed by atoms with van der Waals surface area (Å²) < 4.78 is 6.02. The number of carbonyl (C=O) groups excluding carboxylic acids is 1. The van der Waals surface area contributed by atoms with Crippen LogP contribution in [0.3, 0.4) is 0 Å². The van der Waals surface area contributed by atoms with E-state index in [1.165, 1.54) is 12.8 Å². The van der Waals surface area contributed by atoms with Gasteiger partial charge in [-0.2, -0.15) is 11.8 Å². The van der Waals surface area contributed by atoms with E-state index in [1.807, 2.05) is 36.0 Å². The molecular formula is C14H18N2O2S. The molecule has 1 aliphatic heterocycles. The lowest BCUT2D eigenvalue weighted by atomic mass is 10.2. The topological polar surface area (TPSA) is 50.4 Å². The number of thioether (sulfide) groups is 1. The number of ether oxygens (including phenoxy) is 1. The number of nitrogens with one attached hydrogen (secondary N) is 2. The predicted molar refractivity (Wildman–Crippen MR) is 77.8 cm³/mol. The van der Waals surface area contributed by atoms with Gasteiger partial charge in [0.2, 0.25) is 0 Å². The molecule has 0 spiro atoms. The number of hydrogen-bond acceptors (Lipinski definition) is 4. The van der Waals surface area contributed by atoms with Crippen LogP contribution in [0.1, 0.15) is 12.8 Å². The van der Waals surface area contributed by atoms with E-state index in [-0.39, 0.29) is 10.7 Å². The van der Waals surface area contributed by atoms with Gasteiger partial charge in [0.1, 0.15) is 5.75 Å². The van der Waals surface area contributed by atoms with Gasteiger partial charge in [-0.1, -0.05) is 12.1 Å². The number of para-hydroxylation sites is 2. The molecule has 5 heteroatoms. The molecule has 19 heavy (non-hydrogen) atoms. The third-order valence-corrected chi connectivity index (χ3v) is 5.17. The quantitative estimate of drug-likeness (QED) is 0.883. The fourth-order valence-electron chi connectivity index (χ4n) is 2.21. The summed E-state index contributed by atoms with van der Waals surface area (Å²) in [7, 11) is 0. The van der Waals surface area contributed by atoms with Crippen molar-refractivity contribution >= 4 is 23.4 Å². The van der Waals surface area contributed by atoms with Gasteiger partial charge in [-0.15, -0.1) is 0 Å². The van der Waals surface area contributed by atoms with Gasteiger partial charge in [-0.3, -0.25) is 4.79 Å². The van der Waals surface area contributed by atoms with Gasteiger partial charge in [0.05, 0.1) is 12.2 Å². The normalized spacial score (nSPS) is 22.7. The van der Waals surface area contributed by atoms with Crippen molar-refractivity contribution in [2.45, 2.75) is 23.7 Å². The van der Waals surface area contributed by atoms with Gasteiger partial charge in [0.15, 0.2) is 6.10 Å². The third kappa shape index (κ3) is 2.66. The number of fused-ring (bicyclic) bond motifs is 1. The molecule has 1 unspecified atom stereocenters. The highest BCUT2D eigenvalue weighted by atomic mass is 32.2. The molecule has 0 saturated heterocycles. The Hall–Kier alpha value is -1.36. The highest BCUT2D eigenvalue weighted by Crippen LogP contribution is 2.46. The summed E-state index contributed by atoms with van der Waals surface area (Å²) in [5.41, 5.74) is 0.953. The van der Waals surface area contributed by atoms with Crippen LogP contribution in [0.4, 0.5) is 5.69 Å². The Morgan fingerprint density at radius 3 is 3.05 bits per heavy atom. The van der Waals surface area contributed by atoms with Gasteiger partial charge in [-0.05, 0) is 31.2 Å². The Balaban J connectivity index is 1.57. The zero-order chi connectivity index (χ0) is 13.3. The Morgan fingerprint density at radius 1 is 1.53 bits per heavy atom. The number of benzene rings is 1. The Kier molecular flexibility index (Phi) is 3.31. The van der Waals surface area contributed by atoms with E-state index in [4.69, 9.17) is 4.74 Å². The first-order valence-electron chi connectivity index (χ1n) is 6.55. The summed E-state index contributed by atoms with van der Waals surface area (Å²) in [4.78, 5) is 12.1. The minimum absolute atomic E-state index is 0.0256. The second-order valence-electron chi connectivity index (χ2n) is 5.09. The molecule has 2 aliphatic rings. The Labute approximate surface area is 117 Å². The molecule has 1 aromatic rings. The number of amides is 1. The minimum Gasteiger partial charge on any atom is -0.477 e. The average molecular weight is 278 g/mol. The lowest BCUT2D eigenvalue weighted by Crippen LogP contribution is -2.46. The van der Waals surface area contributed by atoms with Crippen molar-refractivity contribution in [3.8, 4) is 5.75 Å². The lowest BCUT2D eigenvalue weighted by Gasteiger charge is -2.27. The summed E-state index contributed by atoms with van der Waals surface area (Å²) >= 11 is 1.84. The lowest BCUT2D eigenvalue weighted by molar-refractivity contribution is -0.127. The maximum absolute atomic E-state index is 12.1. The molecule has 3 rings (SSSR count). The molecular weight excluding hydrogens is 260 g/mol. The number of rotatable bonds is 4. The van der Waals surface area contributed by atoms with Crippen molar-refractivity contribution in [1.82, 2.24) is 5.32 Å². The van der Waals surface area contributed by atoms with E-state index in [0.29, 0.717) is 6.54 Å². The maximum atomic E-state index is 12.1. The first-order chi connectivity index (χ1) is 9.22. The van der Waals surface area contributed by atoms with Crippen LogP contribution in [0.15, 0.2) is 24.3 Å². The standard InChI is InChI=1S/C14H18N2O2S/c1-19-14(6-7-14)9-16-13(17)12-8-15-10-4-2-3-5-11(10)18-12/h2-5,12,15H,6-9H2,1H3,(H,16,17). The van der Waals surface area contributed by atoms with Crippen molar-refractivity contribution in [3.05, 3.63) is 24.3 Å². The maximum Gasteiger partial charge on any atom is 0.262 e. The predicted octanol–water partition coefficient (Wildman–Crippen LogP) is 1.87. The summed E-state index contributed by atoms with van der Waals surface area (Å²) in [6, 6.07) is 7.70. The van der Waals surface area contributed by atoms with Gasteiger partial charge in [0.25, 0.3) is 5.91 Å². The van der Waals surface area contributed by atoms with E-state index >= 15 is 0 Å². The van der Waals surface area contributed by atoms with E-state index in [2.05, 4.69) is 16.9 Å². The summed E-state index contributed by atoms with van der Waals surface area (Å²) in [6.07, 6.45) is 4.06. The minimum atomic E-state index is -0.437. The van der Waals surface area contributed by atoms with Crippen molar-refractivity contribution in [2.75, 3.05) is 24.7 Å². The molecule has 0 radical (unpaired) electrons. The first kappa shape index (κ1) is 12.7. The average Bonchev–Trinajstić information content (AvgIpc) is 3.25. The van der Waals surface area contributed by atoms with Gasteiger partial charge >= 0.3 is 0 Å². The van der Waals surface area contributed by atoms with E-state index in [9.17, 15) is 4.79 Å². The van der Waals surface area contributed by atoms with Gasteiger partial charge in [0, 0.05) is 11.3 Å². The molecule has 1 aliphatic carbocycles. The summed E-state index contributed by atoms with van der Waals surface area (Å²) in [5.74, 6) is 0.724.